The molecule has 126 valence electrons. The zero-order valence-electron chi connectivity index (χ0n) is 13.9. The van der Waals surface area contributed by atoms with Gasteiger partial charge in [0.1, 0.15) is 12.0 Å². The number of benzene rings is 1. The minimum absolute atomic E-state index is 0.0158. The maximum absolute atomic E-state index is 11.2. The van der Waals surface area contributed by atoms with E-state index < -0.39 is 5.97 Å². The van der Waals surface area contributed by atoms with Crippen molar-refractivity contribution in [2.75, 3.05) is 0 Å². The number of aromatic nitrogens is 3. The Morgan fingerprint density at radius 1 is 1.16 bits per heavy atom. The molecule has 3 rings (SSSR count). The van der Waals surface area contributed by atoms with Crippen LogP contribution in [-0.4, -0.2) is 26.0 Å². The quantitative estimate of drug-likeness (QED) is 0.754. The topological polar surface area (TPSA) is 89.1 Å². The van der Waals surface area contributed by atoms with E-state index in [2.05, 4.69) is 15.0 Å². The fraction of sp³-hybridized carbons (Fsp3) is 0.158. The van der Waals surface area contributed by atoms with Gasteiger partial charge in [-0.3, -0.25) is 0 Å². The van der Waals surface area contributed by atoms with Gasteiger partial charge in [0.2, 0.25) is 5.89 Å². The molecule has 3 aromatic rings. The molecule has 0 radical (unpaired) electrons. The molecule has 0 aliphatic rings. The Labute approximate surface area is 144 Å². The minimum Gasteiger partial charge on any atom is -0.478 e. The van der Waals surface area contributed by atoms with E-state index >= 15 is 0 Å². The molecule has 6 nitrogen and oxygen atoms in total. The van der Waals surface area contributed by atoms with Crippen LogP contribution in [0.4, 0.5) is 0 Å². The smallest absolute Gasteiger partial charge is 0.339 e. The highest BCUT2D eigenvalue weighted by Crippen LogP contribution is 2.20. The van der Waals surface area contributed by atoms with Gasteiger partial charge in [0.15, 0.2) is 5.82 Å². The Morgan fingerprint density at radius 2 is 1.92 bits per heavy atom. The second-order valence-electron chi connectivity index (χ2n) is 5.76. The number of carbonyl (C=O) groups is 1. The summed E-state index contributed by atoms with van der Waals surface area (Å²) < 4.78 is 5.47. The van der Waals surface area contributed by atoms with Crippen LogP contribution >= 0.6 is 0 Å². The lowest BCUT2D eigenvalue weighted by Gasteiger charge is -2.08. The molecule has 0 aliphatic carbocycles. The van der Waals surface area contributed by atoms with Gasteiger partial charge in [-0.15, -0.1) is 0 Å². The monoisotopic (exact) mass is 335 g/mol. The van der Waals surface area contributed by atoms with Gasteiger partial charge in [0, 0.05) is 11.8 Å². The van der Waals surface area contributed by atoms with Gasteiger partial charge in [-0.05, 0) is 30.2 Å². The highest BCUT2D eigenvalue weighted by atomic mass is 16.4. The first-order chi connectivity index (χ1) is 12.0. The summed E-state index contributed by atoms with van der Waals surface area (Å²) >= 11 is 0. The molecule has 0 atom stereocenters. The van der Waals surface area contributed by atoms with Crippen LogP contribution in [0.15, 0.2) is 47.2 Å². The normalized spacial score (nSPS) is 11.3. The number of nitrogens with zero attached hydrogens (tertiary/aromatic N) is 3. The summed E-state index contributed by atoms with van der Waals surface area (Å²) in [6, 6.07) is 9.60. The maximum atomic E-state index is 11.2. The van der Waals surface area contributed by atoms with Gasteiger partial charge >= 0.3 is 5.97 Å². The molecule has 1 N–H and O–H groups in total. The van der Waals surface area contributed by atoms with E-state index in [1.165, 1.54) is 6.20 Å². The largest absolute Gasteiger partial charge is 0.478 e. The van der Waals surface area contributed by atoms with Gasteiger partial charge in [0.05, 0.1) is 11.3 Å². The summed E-state index contributed by atoms with van der Waals surface area (Å²) in [5.74, 6) is -0.0792. The van der Waals surface area contributed by atoms with E-state index in [4.69, 9.17) is 4.42 Å². The van der Waals surface area contributed by atoms with E-state index in [0.29, 0.717) is 23.1 Å². The summed E-state index contributed by atoms with van der Waals surface area (Å²) in [7, 11) is 0. The number of hydrogen-bond acceptors (Lipinski definition) is 5. The molecule has 0 bridgehead atoms. The van der Waals surface area contributed by atoms with Crippen molar-refractivity contribution in [2.24, 2.45) is 0 Å². The summed E-state index contributed by atoms with van der Waals surface area (Å²) in [6.07, 6.45) is 6.30. The van der Waals surface area contributed by atoms with E-state index in [9.17, 15) is 9.90 Å². The van der Waals surface area contributed by atoms with E-state index in [1.807, 2.05) is 44.2 Å². The standard InChI is InChI=1S/C19H17N3O3/c1-12(2)17-15(19(23)24)10-20-16(22-17)9-8-14-11-25-18(21-14)13-6-4-3-5-7-13/h3-12H,1-2H3,(H,23,24). The predicted octanol–water partition coefficient (Wildman–Crippen LogP) is 4.12. The highest BCUT2D eigenvalue weighted by molar-refractivity contribution is 5.88. The zero-order chi connectivity index (χ0) is 17.8. The molecule has 0 unspecified atom stereocenters. The Kier molecular flexibility index (Phi) is 4.70. The number of oxazole rings is 1. The van der Waals surface area contributed by atoms with Crippen molar-refractivity contribution in [1.82, 2.24) is 15.0 Å². The van der Waals surface area contributed by atoms with Crippen LogP contribution in [0.2, 0.25) is 0 Å². The molecule has 0 saturated carbocycles. The lowest BCUT2D eigenvalue weighted by molar-refractivity contribution is 0.0694. The first-order valence-electron chi connectivity index (χ1n) is 7.84. The summed E-state index contributed by atoms with van der Waals surface area (Å²) in [5, 5.41) is 9.20. The van der Waals surface area contributed by atoms with E-state index in [0.717, 1.165) is 5.56 Å². The number of aromatic carboxylic acids is 1. The van der Waals surface area contributed by atoms with Gasteiger partial charge in [-0.25, -0.2) is 19.7 Å². The summed E-state index contributed by atoms with van der Waals surface area (Å²) in [4.78, 5) is 24.1. The molecule has 0 saturated heterocycles. The van der Waals surface area contributed by atoms with Crippen LogP contribution in [0.25, 0.3) is 23.6 Å². The molecule has 1 aromatic carbocycles. The molecule has 0 amide bonds. The fourth-order valence-electron chi connectivity index (χ4n) is 2.33. The predicted molar refractivity (Wildman–Crippen MR) is 93.9 cm³/mol. The van der Waals surface area contributed by atoms with Crippen molar-refractivity contribution in [1.29, 1.82) is 0 Å². The Morgan fingerprint density at radius 3 is 2.60 bits per heavy atom. The SMILES string of the molecule is CC(C)c1nc(C=Cc2coc(-c3ccccc3)n2)ncc1C(=O)O. The second kappa shape index (κ2) is 7.09. The molecule has 0 aliphatic heterocycles. The second-order valence-corrected chi connectivity index (χ2v) is 5.76. The highest BCUT2D eigenvalue weighted by Gasteiger charge is 2.15. The van der Waals surface area contributed by atoms with Crippen molar-refractivity contribution in [3.8, 4) is 11.5 Å². The van der Waals surface area contributed by atoms with Crippen LogP contribution in [0.3, 0.4) is 0 Å². The lowest BCUT2D eigenvalue weighted by Crippen LogP contribution is -2.08. The number of carboxylic acids is 1. The zero-order valence-corrected chi connectivity index (χ0v) is 13.9. The van der Waals surface area contributed by atoms with Gasteiger partial charge in [0.25, 0.3) is 0 Å². The van der Waals surface area contributed by atoms with Crippen molar-refractivity contribution in [2.45, 2.75) is 19.8 Å². The van der Waals surface area contributed by atoms with Crippen LogP contribution in [-0.2, 0) is 0 Å². The maximum Gasteiger partial charge on any atom is 0.339 e. The average Bonchev–Trinajstić information content (AvgIpc) is 3.09. The number of carboxylic acid groups (broad SMARTS) is 1. The van der Waals surface area contributed by atoms with Crippen molar-refractivity contribution >= 4 is 18.1 Å². The molecular weight excluding hydrogens is 318 g/mol. The Hall–Kier alpha value is -3.28. The van der Waals surface area contributed by atoms with Crippen LogP contribution < -0.4 is 0 Å². The number of rotatable bonds is 5. The molecule has 0 fully saturated rings. The number of hydrogen-bond donors (Lipinski definition) is 1. The van der Waals surface area contributed by atoms with Crippen molar-refractivity contribution < 1.29 is 14.3 Å². The third-order valence-corrected chi connectivity index (χ3v) is 3.56. The Balaban J connectivity index is 1.84. The average molecular weight is 335 g/mol. The van der Waals surface area contributed by atoms with Crippen LogP contribution in [0, 0.1) is 0 Å². The summed E-state index contributed by atoms with van der Waals surface area (Å²) in [6.45, 7) is 3.79. The third kappa shape index (κ3) is 3.80. The molecule has 2 heterocycles. The van der Waals surface area contributed by atoms with Gasteiger partial charge < -0.3 is 9.52 Å². The molecule has 25 heavy (non-hydrogen) atoms. The third-order valence-electron chi connectivity index (χ3n) is 3.56. The van der Waals surface area contributed by atoms with E-state index in [1.54, 1.807) is 18.4 Å². The first-order valence-corrected chi connectivity index (χ1v) is 7.84. The van der Waals surface area contributed by atoms with Crippen LogP contribution in [0.5, 0.6) is 0 Å². The molecule has 6 heteroatoms. The van der Waals surface area contributed by atoms with Gasteiger partial charge in [-0.2, -0.15) is 0 Å². The minimum atomic E-state index is -1.02. The van der Waals surface area contributed by atoms with E-state index in [-0.39, 0.29) is 11.5 Å². The first kappa shape index (κ1) is 16.6. The van der Waals surface area contributed by atoms with Gasteiger partial charge in [-0.1, -0.05) is 32.0 Å². The van der Waals surface area contributed by atoms with Crippen LogP contribution in [0.1, 0.15) is 47.3 Å². The fourth-order valence-corrected chi connectivity index (χ4v) is 2.33. The molecule has 2 aromatic heterocycles. The van der Waals surface area contributed by atoms with Crippen molar-refractivity contribution in [3.63, 3.8) is 0 Å². The lowest BCUT2D eigenvalue weighted by atomic mass is 10.1. The Bertz CT molecular complexity index is 915. The molecular formula is C19H17N3O3. The summed E-state index contributed by atoms with van der Waals surface area (Å²) in [5.41, 5.74) is 2.16. The van der Waals surface area contributed by atoms with Crippen molar-refractivity contribution in [3.05, 3.63) is 65.6 Å². The molecule has 0 spiro atoms.